The molecule has 0 unspecified atom stereocenters. The van der Waals surface area contributed by atoms with Crippen LogP contribution in [0, 0.1) is 0 Å². The quantitative estimate of drug-likeness (QED) is 0.841. The van der Waals surface area contributed by atoms with E-state index in [-0.39, 0.29) is 11.0 Å². The Labute approximate surface area is 115 Å². The van der Waals surface area contributed by atoms with Crippen molar-refractivity contribution < 1.29 is 9.53 Å². The fourth-order valence-corrected chi connectivity index (χ4v) is 3.25. The number of benzene rings is 1. The summed E-state index contributed by atoms with van der Waals surface area (Å²) in [6.07, 6.45) is 3.64. The zero-order chi connectivity index (χ0) is 13.2. The molecule has 0 fully saturated rings. The summed E-state index contributed by atoms with van der Waals surface area (Å²) in [6.45, 7) is 0. The molecule has 0 amide bonds. The van der Waals surface area contributed by atoms with Crippen molar-refractivity contribution >= 4 is 17.5 Å². The Bertz CT molecular complexity index is 613. The Morgan fingerprint density at radius 1 is 1.21 bits per heavy atom. The van der Waals surface area contributed by atoms with E-state index in [0.717, 1.165) is 16.3 Å². The van der Waals surface area contributed by atoms with Crippen molar-refractivity contribution in [3.8, 4) is 5.75 Å². The fraction of sp³-hybridized carbons (Fsp3) is 0.214. The van der Waals surface area contributed by atoms with Crippen LogP contribution < -0.4 is 4.74 Å². The second kappa shape index (κ2) is 5.01. The lowest BCUT2D eigenvalue weighted by molar-refractivity contribution is 0.0970. The molecule has 2 aromatic rings. The lowest BCUT2D eigenvalue weighted by Gasteiger charge is -2.21. The molecule has 1 aliphatic rings. The van der Waals surface area contributed by atoms with Crippen LogP contribution in [0.1, 0.15) is 27.7 Å². The fourth-order valence-electron chi connectivity index (χ4n) is 2.05. The minimum absolute atomic E-state index is 0.0580. The lowest BCUT2D eigenvalue weighted by Crippen LogP contribution is -2.14. The van der Waals surface area contributed by atoms with E-state index in [1.54, 1.807) is 31.3 Å². The number of thioether (sulfide) groups is 1. The van der Waals surface area contributed by atoms with Crippen LogP contribution in [0.15, 0.2) is 41.7 Å². The van der Waals surface area contributed by atoms with Gasteiger partial charge in [0, 0.05) is 24.1 Å². The van der Waals surface area contributed by atoms with Crippen molar-refractivity contribution in [1.29, 1.82) is 0 Å². The number of ketones is 1. The Morgan fingerprint density at radius 3 is 2.68 bits per heavy atom. The summed E-state index contributed by atoms with van der Waals surface area (Å²) in [5.74, 6) is 0.874. The molecule has 96 valence electrons. The third-order valence-electron chi connectivity index (χ3n) is 3.04. The number of carbonyl (C=O) groups excluding carboxylic acids is 1. The van der Waals surface area contributed by atoms with Gasteiger partial charge in [0.2, 0.25) is 0 Å². The van der Waals surface area contributed by atoms with Crippen LogP contribution in [-0.4, -0.2) is 22.9 Å². The summed E-state index contributed by atoms with van der Waals surface area (Å²) in [5.41, 5.74) is 1.60. The number of methoxy groups -OCH3 is 1. The molecule has 3 rings (SSSR count). The maximum atomic E-state index is 12.1. The summed E-state index contributed by atoms with van der Waals surface area (Å²) in [5, 5.41) is 0.821. The minimum Gasteiger partial charge on any atom is -0.497 e. The first-order valence-corrected chi connectivity index (χ1v) is 6.80. The van der Waals surface area contributed by atoms with Crippen molar-refractivity contribution in [2.75, 3.05) is 7.11 Å². The van der Waals surface area contributed by atoms with Crippen LogP contribution >= 0.6 is 11.8 Å². The molecule has 1 atom stereocenters. The van der Waals surface area contributed by atoms with E-state index in [1.165, 1.54) is 0 Å². The van der Waals surface area contributed by atoms with Gasteiger partial charge in [-0.2, -0.15) is 0 Å². The summed E-state index contributed by atoms with van der Waals surface area (Å²) in [7, 11) is 1.64. The van der Waals surface area contributed by atoms with Crippen molar-refractivity contribution in [3.63, 3.8) is 0 Å². The van der Waals surface area contributed by atoms with Crippen molar-refractivity contribution in [2.24, 2.45) is 0 Å². The number of hydrogen-bond donors (Lipinski definition) is 0. The summed E-state index contributed by atoms with van der Waals surface area (Å²) < 4.78 is 5.14. The number of fused-ring (bicyclic) bond motifs is 1. The zero-order valence-corrected chi connectivity index (χ0v) is 11.2. The van der Waals surface area contributed by atoms with Gasteiger partial charge in [-0.25, -0.2) is 9.97 Å². The first kappa shape index (κ1) is 12.2. The molecule has 0 bridgehead atoms. The van der Waals surface area contributed by atoms with E-state index in [9.17, 15) is 4.79 Å². The Morgan fingerprint density at radius 2 is 1.95 bits per heavy atom. The van der Waals surface area contributed by atoms with E-state index < -0.39 is 0 Å². The molecular formula is C14H12N2O2S. The van der Waals surface area contributed by atoms with Gasteiger partial charge < -0.3 is 4.74 Å². The zero-order valence-electron chi connectivity index (χ0n) is 10.4. The number of rotatable bonds is 2. The largest absolute Gasteiger partial charge is 0.497 e. The van der Waals surface area contributed by atoms with E-state index in [0.29, 0.717) is 12.1 Å². The van der Waals surface area contributed by atoms with Gasteiger partial charge in [0.15, 0.2) is 5.78 Å². The van der Waals surface area contributed by atoms with Gasteiger partial charge in [-0.05, 0) is 17.7 Å². The van der Waals surface area contributed by atoms with Crippen LogP contribution in [0.25, 0.3) is 0 Å². The van der Waals surface area contributed by atoms with Crippen LogP contribution in [0.2, 0.25) is 0 Å². The number of aromatic nitrogens is 2. The average molecular weight is 272 g/mol. The third-order valence-corrected chi connectivity index (χ3v) is 4.29. The molecule has 0 aliphatic carbocycles. The highest BCUT2D eigenvalue weighted by atomic mass is 32.2. The predicted molar refractivity (Wildman–Crippen MR) is 72.6 cm³/mol. The van der Waals surface area contributed by atoms with Gasteiger partial charge in [-0.15, -0.1) is 0 Å². The first-order chi connectivity index (χ1) is 9.28. The number of carbonyl (C=O) groups is 1. The molecule has 0 spiro atoms. The Balaban J connectivity index is 1.90. The molecule has 4 nitrogen and oxygen atoms in total. The van der Waals surface area contributed by atoms with E-state index in [2.05, 4.69) is 9.97 Å². The predicted octanol–water partition coefficient (Wildman–Crippen LogP) is 2.91. The highest BCUT2D eigenvalue weighted by molar-refractivity contribution is 7.99. The molecule has 0 saturated heterocycles. The molecular weight excluding hydrogens is 260 g/mol. The Kier molecular flexibility index (Phi) is 3.21. The number of Topliss-reactive ketones (excluding diaryl/α,β-unsaturated/α-hetero) is 1. The molecule has 0 radical (unpaired) electrons. The van der Waals surface area contributed by atoms with Crippen LogP contribution in [0.3, 0.4) is 0 Å². The normalized spacial score (nSPS) is 17.9. The molecule has 1 aliphatic heterocycles. The maximum Gasteiger partial charge on any atom is 0.185 e. The highest BCUT2D eigenvalue weighted by Gasteiger charge is 2.28. The molecule has 0 saturated carbocycles. The first-order valence-electron chi connectivity index (χ1n) is 5.93. The summed E-state index contributed by atoms with van der Waals surface area (Å²) >= 11 is 1.59. The standard InChI is InChI=1S/C14H12N2O2S/c1-18-10-4-2-9(3-5-10)12-8-11(17)13-14(19-12)16-7-6-15-13/h2-7,12H,8H2,1H3/t12-/m0/s1. The van der Waals surface area contributed by atoms with Gasteiger partial charge in [0.1, 0.15) is 16.5 Å². The van der Waals surface area contributed by atoms with Gasteiger partial charge in [-0.3, -0.25) is 4.79 Å². The van der Waals surface area contributed by atoms with Gasteiger partial charge in [0.05, 0.1) is 7.11 Å². The third kappa shape index (κ3) is 2.33. The number of nitrogens with zero attached hydrogens (tertiary/aromatic N) is 2. The summed E-state index contributed by atoms with van der Waals surface area (Å²) in [4.78, 5) is 20.4. The van der Waals surface area contributed by atoms with Gasteiger partial charge in [0.25, 0.3) is 0 Å². The van der Waals surface area contributed by atoms with Gasteiger partial charge in [-0.1, -0.05) is 23.9 Å². The molecule has 1 aromatic heterocycles. The smallest absolute Gasteiger partial charge is 0.185 e. The number of ether oxygens (including phenoxy) is 1. The van der Waals surface area contributed by atoms with Crippen molar-refractivity contribution in [2.45, 2.75) is 16.7 Å². The van der Waals surface area contributed by atoms with E-state index >= 15 is 0 Å². The minimum atomic E-state index is 0.0580. The maximum absolute atomic E-state index is 12.1. The molecule has 5 heteroatoms. The number of hydrogen-bond acceptors (Lipinski definition) is 5. The van der Waals surface area contributed by atoms with Crippen LogP contribution in [-0.2, 0) is 0 Å². The Hall–Kier alpha value is -1.88. The van der Waals surface area contributed by atoms with E-state index in [4.69, 9.17) is 4.74 Å². The molecule has 2 heterocycles. The van der Waals surface area contributed by atoms with Crippen LogP contribution in [0.5, 0.6) is 5.75 Å². The van der Waals surface area contributed by atoms with E-state index in [1.807, 2.05) is 24.3 Å². The lowest BCUT2D eigenvalue weighted by atomic mass is 10.0. The molecule has 0 N–H and O–H groups in total. The van der Waals surface area contributed by atoms with Crippen LogP contribution in [0.4, 0.5) is 0 Å². The molecule has 1 aromatic carbocycles. The second-order valence-corrected chi connectivity index (χ2v) is 5.41. The van der Waals surface area contributed by atoms with Crippen molar-refractivity contribution in [3.05, 3.63) is 47.9 Å². The topological polar surface area (TPSA) is 52.1 Å². The van der Waals surface area contributed by atoms with Crippen molar-refractivity contribution in [1.82, 2.24) is 9.97 Å². The monoisotopic (exact) mass is 272 g/mol. The summed E-state index contributed by atoms with van der Waals surface area (Å²) in [6, 6.07) is 7.80. The average Bonchev–Trinajstić information content (AvgIpc) is 2.47. The molecule has 19 heavy (non-hydrogen) atoms. The second-order valence-electron chi connectivity index (χ2n) is 4.22. The highest BCUT2D eigenvalue weighted by Crippen LogP contribution is 2.42. The van der Waals surface area contributed by atoms with Gasteiger partial charge >= 0.3 is 0 Å². The SMILES string of the molecule is COc1ccc([C@@H]2CC(=O)c3nccnc3S2)cc1.